The van der Waals surface area contributed by atoms with E-state index in [9.17, 15) is 14.7 Å². The highest BCUT2D eigenvalue weighted by Crippen LogP contribution is 2.28. The number of amides is 1. The number of hydrogen-bond acceptors (Lipinski definition) is 5. The normalized spacial score (nSPS) is 17.9. The van der Waals surface area contributed by atoms with Crippen LogP contribution in [0.3, 0.4) is 0 Å². The monoisotopic (exact) mass is 535 g/mol. The van der Waals surface area contributed by atoms with Crippen LogP contribution in [0.2, 0.25) is 0 Å². The van der Waals surface area contributed by atoms with Gasteiger partial charge in [0.2, 0.25) is 5.91 Å². The van der Waals surface area contributed by atoms with E-state index in [-0.39, 0.29) is 17.4 Å². The summed E-state index contributed by atoms with van der Waals surface area (Å²) in [7, 11) is 0. The number of aromatic carboxylic acids is 1. The van der Waals surface area contributed by atoms with Gasteiger partial charge in [-0.15, -0.1) is 0 Å². The first-order valence-corrected chi connectivity index (χ1v) is 14.7. The van der Waals surface area contributed by atoms with Gasteiger partial charge in [0.05, 0.1) is 5.56 Å². The smallest absolute Gasteiger partial charge is 0.335 e. The molecule has 1 amide bonds. The van der Waals surface area contributed by atoms with Gasteiger partial charge in [-0.1, -0.05) is 45.2 Å². The second kappa shape index (κ2) is 14.5. The van der Waals surface area contributed by atoms with Crippen LogP contribution in [0, 0.1) is 5.92 Å². The first-order chi connectivity index (χ1) is 18.9. The lowest BCUT2D eigenvalue weighted by molar-refractivity contribution is -0.121. The highest BCUT2D eigenvalue weighted by Gasteiger charge is 2.23. The Balaban J connectivity index is 1.55. The highest BCUT2D eigenvalue weighted by atomic mass is 16.5. The number of carboxylic acids is 1. The minimum absolute atomic E-state index is 0.0849. The molecule has 0 aromatic heterocycles. The molecule has 4 rings (SSSR count). The van der Waals surface area contributed by atoms with E-state index in [1.54, 1.807) is 12.1 Å². The maximum atomic E-state index is 13.3. The Morgan fingerprint density at radius 2 is 1.56 bits per heavy atom. The van der Waals surface area contributed by atoms with Gasteiger partial charge >= 0.3 is 5.97 Å². The van der Waals surface area contributed by atoms with E-state index < -0.39 is 5.97 Å². The Morgan fingerprint density at radius 3 is 2.31 bits per heavy atom. The Kier molecular flexibility index (Phi) is 10.8. The molecule has 7 nitrogen and oxygen atoms in total. The lowest BCUT2D eigenvalue weighted by Crippen LogP contribution is -2.37. The third kappa shape index (κ3) is 8.54. The molecule has 2 aromatic rings. The van der Waals surface area contributed by atoms with Gasteiger partial charge < -0.3 is 14.7 Å². The van der Waals surface area contributed by atoms with Crippen molar-refractivity contribution in [3.8, 4) is 5.75 Å². The highest BCUT2D eigenvalue weighted by molar-refractivity contribution is 5.96. The van der Waals surface area contributed by atoms with Gasteiger partial charge in [0.25, 0.3) is 0 Å². The van der Waals surface area contributed by atoms with Gasteiger partial charge in [-0.25, -0.2) is 4.79 Å². The second-order valence-corrected chi connectivity index (χ2v) is 11.3. The fraction of sp³-hybridized carbons (Fsp3) is 0.562. The molecule has 1 N–H and O–H groups in total. The van der Waals surface area contributed by atoms with Crippen molar-refractivity contribution in [3.05, 3.63) is 59.2 Å². The largest absolute Gasteiger partial charge is 0.492 e. The Hall–Kier alpha value is -2.90. The number of anilines is 1. The Morgan fingerprint density at radius 1 is 0.872 bits per heavy atom. The first kappa shape index (κ1) is 29.1. The van der Waals surface area contributed by atoms with Gasteiger partial charge in [0.15, 0.2) is 0 Å². The number of carboxylic acid groups (broad SMARTS) is 1. The van der Waals surface area contributed by atoms with E-state index >= 15 is 0 Å². The molecule has 0 unspecified atom stereocenters. The lowest BCUT2D eigenvalue weighted by atomic mass is 10.0. The van der Waals surface area contributed by atoms with E-state index in [1.807, 2.05) is 30.9 Å². The average Bonchev–Trinajstić information content (AvgIpc) is 3.43. The van der Waals surface area contributed by atoms with E-state index in [1.165, 1.54) is 31.5 Å². The van der Waals surface area contributed by atoms with Crippen molar-refractivity contribution < 1.29 is 19.4 Å². The molecule has 0 radical (unpaired) electrons. The molecule has 2 aliphatic rings. The second-order valence-electron chi connectivity index (χ2n) is 11.3. The first-order valence-electron chi connectivity index (χ1n) is 14.7. The fourth-order valence-corrected chi connectivity index (χ4v) is 5.65. The minimum Gasteiger partial charge on any atom is -0.492 e. The standard InChI is InChI=1S/C32H45N3O4/c1-25(2)31(36)35-18-7-5-3-4-6-17-34(24-28-22-27(32(37)38)13-14-30(28)35)23-26-11-10-12-29(21-26)39-20-19-33-15-8-9-16-33/h10-14,21-22,25H,3-9,15-20,23-24H2,1-2H3,(H,37,38). The molecule has 1 fully saturated rings. The van der Waals surface area contributed by atoms with Crippen LogP contribution in [0.4, 0.5) is 5.69 Å². The predicted molar refractivity (Wildman–Crippen MR) is 155 cm³/mol. The maximum absolute atomic E-state index is 13.3. The van der Waals surface area contributed by atoms with Gasteiger partial charge in [-0.05, 0) is 86.8 Å². The summed E-state index contributed by atoms with van der Waals surface area (Å²) in [5.74, 6) is -0.102. The minimum atomic E-state index is -0.948. The molecule has 0 saturated carbocycles. The summed E-state index contributed by atoms with van der Waals surface area (Å²) in [6.07, 6.45) is 8.00. The van der Waals surface area contributed by atoms with E-state index in [0.717, 1.165) is 68.7 Å². The van der Waals surface area contributed by atoms with Gasteiger partial charge in [0.1, 0.15) is 12.4 Å². The molecule has 0 bridgehead atoms. The lowest BCUT2D eigenvalue weighted by Gasteiger charge is -2.30. The van der Waals surface area contributed by atoms with E-state index in [0.29, 0.717) is 19.7 Å². The number of rotatable bonds is 8. The van der Waals surface area contributed by atoms with Crippen molar-refractivity contribution in [2.75, 3.05) is 44.2 Å². The van der Waals surface area contributed by atoms with Crippen molar-refractivity contribution in [1.82, 2.24) is 9.80 Å². The summed E-state index contributed by atoms with van der Waals surface area (Å²) in [5, 5.41) is 9.72. The summed E-state index contributed by atoms with van der Waals surface area (Å²) in [5.41, 5.74) is 3.16. The molecule has 0 atom stereocenters. The zero-order valence-corrected chi connectivity index (χ0v) is 23.7. The van der Waals surface area contributed by atoms with E-state index in [4.69, 9.17) is 4.74 Å². The van der Waals surface area contributed by atoms with Crippen molar-refractivity contribution in [2.24, 2.45) is 5.92 Å². The number of carbonyl (C=O) groups is 2. The number of benzene rings is 2. The van der Waals surface area contributed by atoms with Crippen molar-refractivity contribution >= 4 is 17.6 Å². The number of likely N-dealkylation sites (tertiary alicyclic amines) is 1. The Bertz CT molecular complexity index is 1100. The quantitative estimate of drug-likeness (QED) is 0.460. The van der Waals surface area contributed by atoms with Crippen LogP contribution in [-0.2, 0) is 17.9 Å². The number of nitrogens with zero attached hydrogens (tertiary/aromatic N) is 3. The number of fused-ring (bicyclic) bond motifs is 1. The third-order valence-electron chi connectivity index (χ3n) is 7.81. The van der Waals surface area contributed by atoms with Gasteiger partial charge in [0, 0.05) is 37.8 Å². The zero-order chi connectivity index (χ0) is 27.6. The zero-order valence-electron chi connectivity index (χ0n) is 23.7. The molecule has 2 aliphatic heterocycles. The maximum Gasteiger partial charge on any atom is 0.335 e. The van der Waals surface area contributed by atoms with Crippen molar-refractivity contribution in [3.63, 3.8) is 0 Å². The molecule has 0 aliphatic carbocycles. The summed E-state index contributed by atoms with van der Waals surface area (Å²) in [6, 6.07) is 13.5. The van der Waals surface area contributed by atoms with Crippen LogP contribution in [0.15, 0.2) is 42.5 Å². The van der Waals surface area contributed by atoms with Crippen molar-refractivity contribution in [2.45, 2.75) is 71.9 Å². The molecule has 2 heterocycles. The van der Waals surface area contributed by atoms with Crippen molar-refractivity contribution in [1.29, 1.82) is 0 Å². The molecular formula is C32H45N3O4. The van der Waals surface area contributed by atoms with Crippen LogP contribution >= 0.6 is 0 Å². The predicted octanol–water partition coefficient (Wildman–Crippen LogP) is 5.81. The molecule has 39 heavy (non-hydrogen) atoms. The molecule has 2 aromatic carbocycles. The number of carbonyl (C=O) groups excluding carboxylic acids is 1. The molecule has 1 saturated heterocycles. The molecule has 0 spiro atoms. The topological polar surface area (TPSA) is 73.3 Å². The van der Waals surface area contributed by atoms with Gasteiger partial charge in [-0.3, -0.25) is 14.6 Å². The molecular weight excluding hydrogens is 490 g/mol. The van der Waals surface area contributed by atoms with Crippen LogP contribution in [0.25, 0.3) is 0 Å². The average molecular weight is 536 g/mol. The third-order valence-corrected chi connectivity index (χ3v) is 7.81. The van der Waals surface area contributed by atoms with Crippen LogP contribution in [0.1, 0.15) is 80.3 Å². The molecule has 7 heteroatoms. The number of ether oxygens (including phenoxy) is 1. The summed E-state index contributed by atoms with van der Waals surface area (Å²) in [4.78, 5) is 31.8. The summed E-state index contributed by atoms with van der Waals surface area (Å²) < 4.78 is 6.10. The summed E-state index contributed by atoms with van der Waals surface area (Å²) in [6.45, 7) is 10.7. The number of hydrogen-bond donors (Lipinski definition) is 1. The van der Waals surface area contributed by atoms with Crippen LogP contribution < -0.4 is 9.64 Å². The summed E-state index contributed by atoms with van der Waals surface area (Å²) >= 11 is 0. The van der Waals surface area contributed by atoms with E-state index in [2.05, 4.69) is 28.0 Å². The fourth-order valence-electron chi connectivity index (χ4n) is 5.65. The SMILES string of the molecule is CC(C)C(=O)N1CCCCCCCN(Cc2cccc(OCCN3CCCC3)c2)Cc2cc(C(=O)O)ccc21. The van der Waals surface area contributed by atoms with Crippen LogP contribution in [0.5, 0.6) is 5.75 Å². The molecule has 212 valence electrons. The van der Waals surface area contributed by atoms with Gasteiger partial charge in [-0.2, -0.15) is 0 Å². The van der Waals surface area contributed by atoms with Crippen LogP contribution in [-0.4, -0.2) is 66.1 Å². The Labute approximate surface area is 233 Å².